The van der Waals surface area contributed by atoms with E-state index in [-0.39, 0.29) is 5.82 Å². The van der Waals surface area contributed by atoms with E-state index in [1.807, 2.05) is 11.4 Å². The summed E-state index contributed by atoms with van der Waals surface area (Å²) in [5.41, 5.74) is 5.89. The summed E-state index contributed by atoms with van der Waals surface area (Å²) in [7, 11) is 0. The van der Waals surface area contributed by atoms with E-state index in [0.717, 1.165) is 11.3 Å². The number of thiazole rings is 1. The van der Waals surface area contributed by atoms with Crippen molar-refractivity contribution in [2.24, 2.45) is 0 Å². The molecule has 0 atom stereocenters. The summed E-state index contributed by atoms with van der Waals surface area (Å²) in [5, 5.41) is 15.0. The van der Waals surface area contributed by atoms with Crippen molar-refractivity contribution < 1.29 is 4.39 Å². The molecule has 5 heteroatoms. The number of aryl methyl sites for hydroxylation is 3. The molecule has 1 N–H and O–H groups in total. The number of hydrogen-bond acceptors (Lipinski definition) is 4. The number of hydrogen-bond donors (Lipinski definition) is 1. The quantitative estimate of drug-likeness (QED) is 0.591. The van der Waals surface area contributed by atoms with Crippen LogP contribution in [0.4, 0.5) is 10.1 Å². The first-order valence-electron chi connectivity index (χ1n) is 8.14. The smallest absolute Gasteiger partial charge is 0.136 e. The zero-order chi connectivity index (χ0) is 18.7. The molecule has 1 aromatic heterocycles. The monoisotopic (exact) mass is 363 g/mol. The van der Waals surface area contributed by atoms with Gasteiger partial charge in [0.05, 0.1) is 5.69 Å². The van der Waals surface area contributed by atoms with Gasteiger partial charge in [-0.3, -0.25) is 0 Å². The van der Waals surface area contributed by atoms with Crippen LogP contribution in [-0.4, -0.2) is 4.98 Å². The number of halogens is 1. The van der Waals surface area contributed by atoms with E-state index in [9.17, 15) is 9.65 Å². The molecular weight excluding hydrogens is 345 g/mol. The summed E-state index contributed by atoms with van der Waals surface area (Å²) in [6, 6.07) is 13.2. The fourth-order valence-corrected chi connectivity index (χ4v) is 3.21. The maximum absolute atomic E-state index is 13.6. The standard InChI is InChI=1S/C21H18FN3S/c1-13-4-6-16(8-15(13)3)20-12-26-21(25-20)17(10-23)11-24-18-7-5-14(2)19(22)9-18/h4-9,11-12,24H,1-3H3/b17-11-. The van der Waals surface area contributed by atoms with E-state index in [1.165, 1.54) is 28.5 Å². The molecule has 3 aromatic rings. The first-order valence-corrected chi connectivity index (χ1v) is 9.02. The van der Waals surface area contributed by atoms with E-state index in [4.69, 9.17) is 0 Å². The van der Waals surface area contributed by atoms with Crippen molar-refractivity contribution in [3.05, 3.63) is 75.5 Å². The van der Waals surface area contributed by atoms with Gasteiger partial charge in [-0.1, -0.05) is 18.2 Å². The van der Waals surface area contributed by atoms with Gasteiger partial charge in [-0.25, -0.2) is 9.37 Å². The first-order chi connectivity index (χ1) is 12.5. The third-order valence-electron chi connectivity index (χ3n) is 4.21. The molecule has 0 amide bonds. The molecule has 2 aromatic carbocycles. The Balaban J connectivity index is 1.84. The van der Waals surface area contributed by atoms with E-state index >= 15 is 0 Å². The van der Waals surface area contributed by atoms with Crippen molar-refractivity contribution in [3.63, 3.8) is 0 Å². The Morgan fingerprint density at radius 2 is 1.88 bits per heavy atom. The molecular formula is C21H18FN3S. The van der Waals surface area contributed by atoms with Crippen molar-refractivity contribution in [1.29, 1.82) is 5.26 Å². The van der Waals surface area contributed by atoms with Gasteiger partial charge in [0.2, 0.25) is 0 Å². The normalized spacial score (nSPS) is 11.3. The molecule has 0 aliphatic carbocycles. The first kappa shape index (κ1) is 17.8. The van der Waals surface area contributed by atoms with Crippen molar-refractivity contribution in [2.45, 2.75) is 20.8 Å². The molecule has 0 spiro atoms. The average Bonchev–Trinajstić information content (AvgIpc) is 3.11. The van der Waals surface area contributed by atoms with Crippen molar-refractivity contribution >= 4 is 22.6 Å². The van der Waals surface area contributed by atoms with Gasteiger partial charge in [0.15, 0.2) is 0 Å². The molecule has 130 valence electrons. The minimum atomic E-state index is -0.284. The molecule has 0 bridgehead atoms. The van der Waals surface area contributed by atoms with Gasteiger partial charge >= 0.3 is 0 Å². The zero-order valence-corrected chi connectivity index (χ0v) is 15.6. The van der Waals surface area contributed by atoms with Gasteiger partial charge < -0.3 is 5.32 Å². The third kappa shape index (κ3) is 3.81. The van der Waals surface area contributed by atoms with Crippen molar-refractivity contribution in [1.82, 2.24) is 4.98 Å². The lowest BCUT2D eigenvalue weighted by Crippen LogP contribution is -1.93. The van der Waals surface area contributed by atoms with E-state index in [2.05, 4.69) is 42.4 Å². The van der Waals surface area contributed by atoms with Crippen molar-refractivity contribution in [3.8, 4) is 17.3 Å². The largest absolute Gasteiger partial charge is 0.360 e. The van der Waals surface area contributed by atoms with E-state index in [0.29, 0.717) is 21.8 Å². The number of allylic oxidation sites excluding steroid dienone is 1. The van der Waals surface area contributed by atoms with Crippen LogP contribution in [0, 0.1) is 37.9 Å². The molecule has 0 unspecified atom stereocenters. The topological polar surface area (TPSA) is 48.7 Å². The Bertz CT molecular complexity index is 1030. The van der Waals surface area contributed by atoms with Gasteiger partial charge in [0, 0.05) is 22.8 Å². The van der Waals surface area contributed by atoms with Crippen LogP contribution in [0.15, 0.2) is 48.0 Å². The van der Waals surface area contributed by atoms with Gasteiger partial charge in [0.1, 0.15) is 22.5 Å². The second-order valence-corrected chi connectivity index (χ2v) is 6.97. The molecule has 3 rings (SSSR count). The maximum atomic E-state index is 13.6. The maximum Gasteiger partial charge on any atom is 0.136 e. The number of aromatic nitrogens is 1. The average molecular weight is 363 g/mol. The molecule has 1 heterocycles. The minimum Gasteiger partial charge on any atom is -0.360 e. The Kier molecular flexibility index (Phi) is 5.15. The molecule has 0 aliphatic rings. The summed E-state index contributed by atoms with van der Waals surface area (Å²) < 4.78 is 13.6. The Labute approximate surface area is 156 Å². The predicted molar refractivity (Wildman–Crippen MR) is 105 cm³/mol. The summed E-state index contributed by atoms with van der Waals surface area (Å²) in [6.07, 6.45) is 1.56. The van der Waals surface area contributed by atoms with Crippen LogP contribution in [0.3, 0.4) is 0 Å². The highest BCUT2D eigenvalue weighted by atomic mass is 32.1. The number of nitrogens with one attached hydrogen (secondary N) is 1. The highest BCUT2D eigenvalue weighted by Gasteiger charge is 2.10. The molecule has 0 aliphatic heterocycles. The highest BCUT2D eigenvalue weighted by Crippen LogP contribution is 2.27. The molecule has 3 nitrogen and oxygen atoms in total. The van der Waals surface area contributed by atoms with Gasteiger partial charge in [0.25, 0.3) is 0 Å². The van der Waals surface area contributed by atoms with E-state index in [1.54, 1.807) is 25.3 Å². The van der Waals surface area contributed by atoms with Crippen molar-refractivity contribution in [2.75, 3.05) is 5.32 Å². The van der Waals surface area contributed by atoms with Gasteiger partial charge in [-0.15, -0.1) is 11.3 Å². The van der Waals surface area contributed by atoms with Crippen LogP contribution in [-0.2, 0) is 0 Å². The number of nitrogens with zero attached hydrogens (tertiary/aromatic N) is 2. The Morgan fingerprint density at radius 1 is 1.12 bits per heavy atom. The molecule has 0 saturated heterocycles. The molecule has 0 saturated carbocycles. The Morgan fingerprint density at radius 3 is 2.58 bits per heavy atom. The van der Waals surface area contributed by atoms with Gasteiger partial charge in [-0.05, 0) is 55.7 Å². The second kappa shape index (κ2) is 7.51. The fourth-order valence-electron chi connectivity index (χ4n) is 2.41. The Hall–Kier alpha value is -2.97. The number of nitriles is 1. The van der Waals surface area contributed by atoms with Crippen LogP contribution in [0.5, 0.6) is 0 Å². The lowest BCUT2D eigenvalue weighted by atomic mass is 10.1. The highest BCUT2D eigenvalue weighted by molar-refractivity contribution is 7.11. The van der Waals surface area contributed by atoms with Crippen LogP contribution in [0.25, 0.3) is 16.8 Å². The van der Waals surface area contributed by atoms with Crippen LogP contribution >= 0.6 is 11.3 Å². The summed E-state index contributed by atoms with van der Waals surface area (Å²) >= 11 is 1.41. The summed E-state index contributed by atoms with van der Waals surface area (Å²) in [5.74, 6) is -0.284. The van der Waals surface area contributed by atoms with Crippen LogP contribution in [0.2, 0.25) is 0 Å². The fraction of sp³-hybridized carbons (Fsp3) is 0.143. The lowest BCUT2D eigenvalue weighted by molar-refractivity contribution is 0.619. The minimum absolute atomic E-state index is 0.284. The van der Waals surface area contributed by atoms with Crippen LogP contribution < -0.4 is 5.32 Å². The SMILES string of the molecule is Cc1ccc(-c2csc(/C(C#N)=C\Nc3ccc(C)c(F)c3)n2)cc1C. The summed E-state index contributed by atoms with van der Waals surface area (Å²) in [4.78, 5) is 4.58. The van der Waals surface area contributed by atoms with Crippen LogP contribution in [0.1, 0.15) is 21.7 Å². The number of rotatable bonds is 4. The van der Waals surface area contributed by atoms with Gasteiger partial charge in [-0.2, -0.15) is 5.26 Å². The number of anilines is 1. The number of benzene rings is 2. The third-order valence-corrected chi connectivity index (χ3v) is 5.09. The molecule has 0 radical (unpaired) electrons. The molecule has 26 heavy (non-hydrogen) atoms. The second-order valence-electron chi connectivity index (χ2n) is 6.12. The predicted octanol–water partition coefficient (Wildman–Crippen LogP) is 5.85. The summed E-state index contributed by atoms with van der Waals surface area (Å²) in [6.45, 7) is 5.85. The zero-order valence-electron chi connectivity index (χ0n) is 14.8. The lowest BCUT2D eigenvalue weighted by Gasteiger charge is -2.03. The van der Waals surface area contributed by atoms with E-state index < -0.39 is 0 Å². The molecule has 0 fully saturated rings.